The van der Waals surface area contributed by atoms with Gasteiger partial charge in [0.15, 0.2) is 5.76 Å². The van der Waals surface area contributed by atoms with Crippen LogP contribution in [0.15, 0.2) is 45.4 Å². The molecule has 128 valence electrons. The average molecular weight is 341 g/mol. The van der Waals surface area contributed by atoms with E-state index in [0.29, 0.717) is 40.7 Å². The number of carbonyl (C=O) groups is 2. The Labute approximate surface area is 143 Å². The number of oxazole rings is 1. The molecule has 7 heteroatoms. The molecule has 0 aliphatic carbocycles. The Kier molecular flexibility index (Phi) is 4.65. The first kappa shape index (κ1) is 16.5. The number of benzene rings is 1. The first-order valence-electron chi connectivity index (χ1n) is 7.43. The Morgan fingerprint density at radius 2 is 2.16 bits per heavy atom. The molecule has 0 radical (unpaired) electrons. The number of hydrogen-bond donors (Lipinski definition) is 0. The number of methoxy groups -OCH3 is 1. The normalized spacial score (nSPS) is 10.5. The second-order valence-corrected chi connectivity index (χ2v) is 5.15. The van der Waals surface area contributed by atoms with Crippen molar-refractivity contribution < 1.29 is 27.9 Å². The SMILES string of the molecule is COC(=O)c1cc(C=O)ccc1OCc1nc(-c2ccco2)oc1C. The lowest BCUT2D eigenvalue weighted by atomic mass is 10.1. The van der Waals surface area contributed by atoms with Gasteiger partial charge in [0.25, 0.3) is 5.89 Å². The molecule has 25 heavy (non-hydrogen) atoms. The van der Waals surface area contributed by atoms with Gasteiger partial charge < -0.3 is 18.3 Å². The fourth-order valence-corrected chi connectivity index (χ4v) is 2.23. The second kappa shape index (κ2) is 7.04. The molecule has 7 nitrogen and oxygen atoms in total. The summed E-state index contributed by atoms with van der Waals surface area (Å²) in [6.07, 6.45) is 2.18. The number of esters is 1. The molecule has 0 aliphatic heterocycles. The summed E-state index contributed by atoms with van der Waals surface area (Å²) >= 11 is 0. The van der Waals surface area contributed by atoms with Crippen LogP contribution in [-0.2, 0) is 11.3 Å². The molecule has 0 amide bonds. The zero-order chi connectivity index (χ0) is 17.8. The molecule has 0 fully saturated rings. The summed E-state index contributed by atoms with van der Waals surface area (Å²) in [4.78, 5) is 27.1. The van der Waals surface area contributed by atoms with Crippen molar-refractivity contribution in [1.82, 2.24) is 4.98 Å². The number of nitrogens with zero attached hydrogens (tertiary/aromatic N) is 1. The van der Waals surface area contributed by atoms with Gasteiger partial charge in [-0.2, -0.15) is 0 Å². The zero-order valence-corrected chi connectivity index (χ0v) is 13.6. The van der Waals surface area contributed by atoms with E-state index < -0.39 is 5.97 Å². The maximum atomic E-state index is 11.9. The lowest BCUT2D eigenvalue weighted by Crippen LogP contribution is -2.07. The van der Waals surface area contributed by atoms with E-state index in [4.69, 9.17) is 18.3 Å². The summed E-state index contributed by atoms with van der Waals surface area (Å²) in [5.41, 5.74) is 1.09. The Balaban J connectivity index is 1.82. The molecule has 2 aromatic heterocycles. The topological polar surface area (TPSA) is 91.8 Å². The van der Waals surface area contributed by atoms with Crippen LogP contribution in [0, 0.1) is 6.92 Å². The molecular weight excluding hydrogens is 326 g/mol. The number of aromatic nitrogens is 1. The molecule has 0 N–H and O–H groups in total. The van der Waals surface area contributed by atoms with Gasteiger partial charge in [-0.1, -0.05) is 0 Å². The molecule has 1 aromatic carbocycles. The van der Waals surface area contributed by atoms with E-state index in [-0.39, 0.29) is 12.2 Å². The van der Waals surface area contributed by atoms with Crippen molar-refractivity contribution >= 4 is 12.3 Å². The molecule has 0 saturated heterocycles. The van der Waals surface area contributed by atoms with Crippen molar-refractivity contribution in [3.8, 4) is 17.4 Å². The van der Waals surface area contributed by atoms with E-state index in [0.717, 1.165) is 0 Å². The first-order valence-corrected chi connectivity index (χ1v) is 7.43. The fourth-order valence-electron chi connectivity index (χ4n) is 2.23. The van der Waals surface area contributed by atoms with E-state index in [9.17, 15) is 9.59 Å². The van der Waals surface area contributed by atoms with Crippen molar-refractivity contribution in [2.24, 2.45) is 0 Å². The van der Waals surface area contributed by atoms with Crippen LogP contribution in [0.25, 0.3) is 11.7 Å². The predicted octanol–water partition coefficient (Wildman–Crippen LogP) is 3.42. The van der Waals surface area contributed by atoms with E-state index in [1.54, 1.807) is 31.2 Å². The lowest BCUT2D eigenvalue weighted by Gasteiger charge is -2.10. The van der Waals surface area contributed by atoms with Crippen molar-refractivity contribution in [3.63, 3.8) is 0 Å². The van der Waals surface area contributed by atoms with Crippen molar-refractivity contribution in [1.29, 1.82) is 0 Å². The van der Waals surface area contributed by atoms with Crippen LogP contribution >= 0.6 is 0 Å². The Bertz CT molecular complexity index is 894. The number of carbonyl (C=O) groups excluding carboxylic acids is 2. The molecule has 3 aromatic rings. The minimum absolute atomic E-state index is 0.0838. The summed E-state index contributed by atoms with van der Waals surface area (Å²) in [5, 5.41) is 0. The third-order valence-electron chi connectivity index (χ3n) is 3.53. The third kappa shape index (κ3) is 3.45. The summed E-state index contributed by atoms with van der Waals surface area (Å²) in [5.74, 6) is 1.15. The van der Waals surface area contributed by atoms with Gasteiger partial charge in [-0.05, 0) is 37.3 Å². The number of rotatable bonds is 6. The molecule has 0 unspecified atom stereocenters. The Morgan fingerprint density at radius 3 is 2.84 bits per heavy atom. The number of hydrogen-bond acceptors (Lipinski definition) is 7. The summed E-state index contributed by atoms with van der Waals surface area (Å²) in [6, 6.07) is 7.99. The first-order chi connectivity index (χ1) is 12.1. The van der Waals surface area contributed by atoms with Gasteiger partial charge in [0.2, 0.25) is 0 Å². The standard InChI is InChI=1S/C18H15NO6/c1-11-14(19-17(25-11)16-4-3-7-23-16)10-24-15-6-5-12(9-20)8-13(15)18(21)22-2/h3-9H,10H2,1-2H3. The van der Waals surface area contributed by atoms with Crippen molar-refractivity contribution in [3.05, 3.63) is 59.2 Å². The highest BCUT2D eigenvalue weighted by atomic mass is 16.5. The van der Waals surface area contributed by atoms with Crippen molar-refractivity contribution in [2.45, 2.75) is 13.5 Å². The van der Waals surface area contributed by atoms with Gasteiger partial charge >= 0.3 is 5.97 Å². The molecule has 2 heterocycles. The Hall–Kier alpha value is -3.35. The van der Waals surface area contributed by atoms with Crippen LogP contribution in [-0.4, -0.2) is 24.3 Å². The molecule has 0 aliphatic rings. The molecule has 3 rings (SSSR count). The number of aryl methyl sites for hydroxylation is 1. The average Bonchev–Trinajstić information content (AvgIpc) is 3.29. The van der Waals surface area contributed by atoms with Crippen LogP contribution in [0.1, 0.15) is 32.2 Å². The van der Waals surface area contributed by atoms with Gasteiger partial charge in [0.05, 0.1) is 13.4 Å². The maximum Gasteiger partial charge on any atom is 0.341 e. The van der Waals surface area contributed by atoms with Crippen LogP contribution < -0.4 is 4.74 Å². The van der Waals surface area contributed by atoms with Gasteiger partial charge in [-0.3, -0.25) is 4.79 Å². The van der Waals surface area contributed by atoms with Crippen LogP contribution in [0.2, 0.25) is 0 Å². The predicted molar refractivity (Wildman–Crippen MR) is 86.4 cm³/mol. The summed E-state index contributed by atoms with van der Waals surface area (Å²) in [7, 11) is 1.26. The molecule has 0 saturated carbocycles. The fraction of sp³-hybridized carbons (Fsp3) is 0.167. The zero-order valence-electron chi connectivity index (χ0n) is 13.6. The van der Waals surface area contributed by atoms with Crippen molar-refractivity contribution in [2.75, 3.05) is 7.11 Å². The minimum atomic E-state index is -0.591. The monoisotopic (exact) mass is 341 g/mol. The van der Waals surface area contributed by atoms with Gasteiger partial charge in [0.1, 0.15) is 35.7 Å². The highest BCUT2D eigenvalue weighted by Crippen LogP contribution is 2.25. The summed E-state index contributed by atoms with van der Waals surface area (Å²) in [6.45, 7) is 1.84. The van der Waals surface area contributed by atoms with E-state index in [1.165, 1.54) is 19.4 Å². The maximum absolute atomic E-state index is 11.9. The minimum Gasteiger partial charge on any atom is -0.486 e. The van der Waals surface area contributed by atoms with Gasteiger partial charge in [-0.15, -0.1) is 0 Å². The summed E-state index contributed by atoms with van der Waals surface area (Å²) < 4.78 is 21.2. The lowest BCUT2D eigenvalue weighted by molar-refractivity contribution is 0.0595. The van der Waals surface area contributed by atoms with Gasteiger partial charge in [-0.25, -0.2) is 9.78 Å². The highest BCUT2D eigenvalue weighted by molar-refractivity contribution is 5.94. The highest BCUT2D eigenvalue weighted by Gasteiger charge is 2.17. The molecular formula is C18H15NO6. The van der Waals surface area contributed by atoms with Crippen LogP contribution in [0.4, 0.5) is 0 Å². The largest absolute Gasteiger partial charge is 0.486 e. The number of ether oxygens (including phenoxy) is 2. The van der Waals surface area contributed by atoms with Crippen LogP contribution in [0.3, 0.4) is 0 Å². The number of furan rings is 1. The molecule has 0 atom stereocenters. The quantitative estimate of drug-likeness (QED) is 0.501. The van der Waals surface area contributed by atoms with E-state index in [1.807, 2.05) is 0 Å². The second-order valence-electron chi connectivity index (χ2n) is 5.15. The molecule has 0 bridgehead atoms. The van der Waals surface area contributed by atoms with E-state index in [2.05, 4.69) is 4.98 Å². The smallest absolute Gasteiger partial charge is 0.341 e. The van der Waals surface area contributed by atoms with Gasteiger partial charge in [0, 0.05) is 5.56 Å². The third-order valence-corrected chi connectivity index (χ3v) is 3.53. The number of aldehydes is 1. The Morgan fingerprint density at radius 1 is 1.32 bits per heavy atom. The van der Waals surface area contributed by atoms with E-state index >= 15 is 0 Å². The van der Waals surface area contributed by atoms with Crippen LogP contribution in [0.5, 0.6) is 5.75 Å². The molecule has 0 spiro atoms.